The molecule has 124 valence electrons. The summed E-state index contributed by atoms with van der Waals surface area (Å²) < 4.78 is 0. The number of nitrogens with zero attached hydrogens (tertiary/aromatic N) is 2. The van der Waals surface area contributed by atoms with Crippen molar-refractivity contribution in [2.24, 2.45) is 0 Å². The van der Waals surface area contributed by atoms with Gasteiger partial charge in [-0.15, -0.1) is 11.3 Å². The number of carbonyl (C=O) groups excluding carboxylic acids is 3. The highest BCUT2D eigenvalue weighted by Gasteiger charge is 2.31. The first kappa shape index (κ1) is 15.9. The van der Waals surface area contributed by atoms with Gasteiger partial charge in [-0.2, -0.15) is 0 Å². The Morgan fingerprint density at radius 1 is 1.48 bits per heavy atom. The molecule has 4 amide bonds. The summed E-state index contributed by atoms with van der Waals surface area (Å²) >= 11 is 1.65. The number of amides is 4. The van der Waals surface area contributed by atoms with Crippen molar-refractivity contribution in [1.82, 2.24) is 20.5 Å². The van der Waals surface area contributed by atoms with Crippen LogP contribution in [0.5, 0.6) is 0 Å². The molecule has 0 spiro atoms. The number of piperidine rings is 1. The molecule has 1 aromatic heterocycles. The minimum Gasteiger partial charge on any atom is -0.342 e. The highest BCUT2D eigenvalue weighted by molar-refractivity contribution is 7.09. The Morgan fingerprint density at radius 3 is 2.96 bits per heavy atom. The summed E-state index contributed by atoms with van der Waals surface area (Å²) in [6.07, 6.45) is 2.63. The number of nitrogens with one attached hydrogen (secondary N) is 2. The lowest BCUT2D eigenvalue weighted by Gasteiger charge is -2.32. The highest BCUT2D eigenvalue weighted by Crippen LogP contribution is 2.29. The van der Waals surface area contributed by atoms with Gasteiger partial charge in [-0.25, -0.2) is 9.78 Å². The zero-order chi connectivity index (χ0) is 16.4. The van der Waals surface area contributed by atoms with Gasteiger partial charge in [0.15, 0.2) is 0 Å². The fourth-order valence-electron chi connectivity index (χ4n) is 3.05. The van der Waals surface area contributed by atoms with E-state index in [0.717, 1.165) is 30.1 Å². The van der Waals surface area contributed by atoms with Gasteiger partial charge in [0.2, 0.25) is 5.91 Å². The van der Waals surface area contributed by atoms with Crippen molar-refractivity contribution in [3.05, 3.63) is 16.1 Å². The van der Waals surface area contributed by atoms with Crippen molar-refractivity contribution >= 4 is 29.2 Å². The number of aromatic nitrogens is 1. The van der Waals surface area contributed by atoms with E-state index in [4.69, 9.17) is 0 Å². The number of rotatable bonds is 4. The number of thiazole rings is 1. The van der Waals surface area contributed by atoms with E-state index in [1.54, 1.807) is 11.3 Å². The number of hydrogen-bond donors (Lipinski definition) is 2. The third-order valence-corrected chi connectivity index (χ3v) is 5.39. The fraction of sp³-hybridized carbons (Fsp3) is 0.600. The highest BCUT2D eigenvalue weighted by atomic mass is 32.1. The van der Waals surface area contributed by atoms with E-state index in [1.165, 1.54) is 0 Å². The topological polar surface area (TPSA) is 91.4 Å². The predicted molar refractivity (Wildman–Crippen MR) is 85.1 cm³/mol. The lowest BCUT2D eigenvalue weighted by molar-refractivity contribution is -0.132. The third kappa shape index (κ3) is 3.69. The van der Waals surface area contributed by atoms with Crippen LogP contribution in [-0.4, -0.2) is 46.9 Å². The molecule has 0 unspecified atom stereocenters. The van der Waals surface area contributed by atoms with E-state index in [0.29, 0.717) is 18.9 Å². The Balaban J connectivity index is 1.53. The second-order valence-electron chi connectivity index (χ2n) is 6.06. The van der Waals surface area contributed by atoms with Crippen LogP contribution in [-0.2, 0) is 9.59 Å². The second-order valence-corrected chi connectivity index (χ2v) is 6.95. The SMILES string of the molecule is Cc1csc([C@H]2CCCN(C(=O)CC[C@H]3NC(=O)NC3=O)C2)n1. The number of urea groups is 1. The van der Waals surface area contributed by atoms with Crippen molar-refractivity contribution in [2.45, 2.75) is 44.6 Å². The Hall–Kier alpha value is -1.96. The smallest absolute Gasteiger partial charge is 0.322 e. The molecule has 0 aromatic carbocycles. The number of imide groups is 1. The van der Waals surface area contributed by atoms with Crippen molar-refractivity contribution < 1.29 is 14.4 Å². The van der Waals surface area contributed by atoms with Crippen LogP contribution in [0.25, 0.3) is 0 Å². The van der Waals surface area contributed by atoms with Crippen LogP contribution in [0.3, 0.4) is 0 Å². The molecule has 2 fully saturated rings. The minimum absolute atomic E-state index is 0.0388. The number of aryl methyl sites for hydroxylation is 1. The van der Waals surface area contributed by atoms with E-state index < -0.39 is 12.1 Å². The Morgan fingerprint density at radius 2 is 2.30 bits per heavy atom. The third-order valence-electron chi connectivity index (χ3n) is 4.27. The molecule has 2 aliphatic heterocycles. The van der Waals surface area contributed by atoms with Crippen molar-refractivity contribution in [1.29, 1.82) is 0 Å². The van der Waals surface area contributed by atoms with E-state index in [9.17, 15) is 14.4 Å². The van der Waals surface area contributed by atoms with Gasteiger partial charge in [-0.3, -0.25) is 14.9 Å². The van der Waals surface area contributed by atoms with Gasteiger partial charge in [-0.05, 0) is 26.2 Å². The van der Waals surface area contributed by atoms with Crippen LogP contribution < -0.4 is 10.6 Å². The molecule has 23 heavy (non-hydrogen) atoms. The second kappa shape index (κ2) is 6.66. The van der Waals surface area contributed by atoms with Crippen LogP contribution in [0.2, 0.25) is 0 Å². The molecule has 2 aliphatic rings. The predicted octanol–water partition coefficient (Wildman–Crippen LogP) is 1.15. The number of hydrogen-bond acceptors (Lipinski definition) is 5. The van der Waals surface area contributed by atoms with Crippen LogP contribution >= 0.6 is 11.3 Å². The van der Waals surface area contributed by atoms with E-state index >= 15 is 0 Å². The average molecular weight is 336 g/mol. The molecule has 2 N–H and O–H groups in total. The molecule has 3 rings (SSSR count). The van der Waals surface area contributed by atoms with Gasteiger partial charge in [0.05, 0.1) is 5.01 Å². The number of likely N-dealkylation sites (tertiary alicyclic amines) is 1. The average Bonchev–Trinajstić information content (AvgIpc) is 3.10. The maximum absolute atomic E-state index is 12.4. The lowest BCUT2D eigenvalue weighted by atomic mass is 9.98. The zero-order valence-corrected chi connectivity index (χ0v) is 13.8. The van der Waals surface area contributed by atoms with Crippen LogP contribution in [0.15, 0.2) is 5.38 Å². The lowest BCUT2D eigenvalue weighted by Crippen LogP contribution is -2.40. The molecule has 2 saturated heterocycles. The maximum Gasteiger partial charge on any atom is 0.322 e. The molecule has 8 heteroatoms. The molecule has 0 bridgehead atoms. The minimum atomic E-state index is -0.589. The van der Waals surface area contributed by atoms with Gasteiger partial charge >= 0.3 is 6.03 Å². The summed E-state index contributed by atoms with van der Waals surface area (Å²) in [6.45, 7) is 3.42. The van der Waals surface area contributed by atoms with Gasteiger partial charge < -0.3 is 10.2 Å². The molecule has 0 aliphatic carbocycles. The van der Waals surface area contributed by atoms with Gasteiger partial charge in [0.1, 0.15) is 6.04 Å². The van der Waals surface area contributed by atoms with Crippen molar-refractivity contribution in [3.8, 4) is 0 Å². The van der Waals surface area contributed by atoms with Crippen LogP contribution in [0, 0.1) is 6.92 Å². The first-order chi connectivity index (χ1) is 11.0. The van der Waals surface area contributed by atoms with Crippen molar-refractivity contribution in [2.75, 3.05) is 13.1 Å². The molecule has 1 aromatic rings. The molecular formula is C15H20N4O3S. The molecule has 0 saturated carbocycles. The first-order valence-electron chi connectivity index (χ1n) is 7.84. The Kier molecular flexibility index (Phi) is 4.61. The van der Waals surface area contributed by atoms with Gasteiger partial charge in [-0.1, -0.05) is 0 Å². The summed E-state index contributed by atoms with van der Waals surface area (Å²) in [4.78, 5) is 41.3. The standard InChI is InChI=1S/C15H20N4O3S/c1-9-8-23-14(16-9)10-3-2-6-19(7-10)12(20)5-4-11-13(21)18-15(22)17-11/h8,10-11H,2-7H2,1H3,(H2,17,18,21,22)/t10-,11+/m0/s1. The Bertz CT molecular complexity index is 630. The fourth-order valence-corrected chi connectivity index (χ4v) is 3.98. The summed E-state index contributed by atoms with van der Waals surface area (Å²) in [5.74, 6) is -0.00427. The van der Waals surface area contributed by atoms with Gasteiger partial charge in [0, 0.05) is 36.5 Å². The van der Waals surface area contributed by atoms with Crippen LogP contribution in [0.4, 0.5) is 4.79 Å². The summed E-state index contributed by atoms with van der Waals surface area (Å²) in [5, 5.41) is 7.84. The monoisotopic (exact) mass is 336 g/mol. The molecule has 3 heterocycles. The van der Waals surface area contributed by atoms with Gasteiger partial charge in [0.25, 0.3) is 5.91 Å². The molecule has 0 radical (unpaired) electrons. The quantitative estimate of drug-likeness (QED) is 0.807. The zero-order valence-electron chi connectivity index (χ0n) is 13.0. The Labute approximate surface area is 138 Å². The number of carbonyl (C=O) groups is 3. The van der Waals surface area contributed by atoms with E-state index in [-0.39, 0.29) is 18.2 Å². The first-order valence-corrected chi connectivity index (χ1v) is 8.72. The van der Waals surface area contributed by atoms with Crippen molar-refractivity contribution in [3.63, 3.8) is 0 Å². The normalized spacial score (nSPS) is 24.5. The maximum atomic E-state index is 12.4. The summed E-state index contributed by atoms with van der Waals surface area (Å²) in [7, 11) is 0. The largest absolute Gasteiger partial charge is 0.342 e. The van der Waals surface area contributed by atoms with E-state index in [1.807, 2.05) is 17.2 Å². The molecule has 7 nitrogen and oxygen atoms in total. The summed E-state index contributed by atoms with van der Waals surface area (Å²) in [6, 6.07) is -1.07. The summed E-state index contributed by atoms with van der Waals surface area (Å²) in [5.41, 5.74) is 1.02. The molecular weight excluding hydrogens is 316 g/mol. The van der Waals surface area contributed by atoms with E-state index in [2.05, 4.69) is 15.6 Å². The van der Waals surface area contributed by atoms with Crippen LogP contribution in [0.1, 0.15) is 42.3 Å². The molecule has 2 atom stereocenters.